The standard InChI is InChI=1S/C17H26FNO2/c1-4-13(19)10-12-6-5-7-15(18)16(12)20-11-14-8-9-17(2,3)21-14/h5-7,13-14H,4,8-11,19H2,1-3H3. The molecule has 0 spiro atoms. The molecule has 118 valence electrons. The molecule has 1 aromatic carbocycles. The molecule has 1 heterocycles. The molecule has 1 aromatic rings. The third-order valence-corrected chi connectivity index (χ3v) is 4.02. The maximum absolute atomic E-state index is 14.0. The van der Waals surface area contributed by atoms with Crippen LogP contribution in [0.2, 0.25) is 0 Å². The SMILES string of the molecule is CCC(N)Cc1cccc(F)c1OCC1CCC(C)(C)O1. The van der Waals surface area contributed by atoms with Gasteiger partial charge in [-0.15, -0.1) is 0 Å². The minimum atomic E-state index is -0.326. The van der Waals surface area contributed by atoms with Gasteiger partial charge in [0.05, 0.1) is 11.7 Å². The van der Waals surface area contributed by atoms with Crippen molar-refractivity contribution >= 4 is 0 Å². The first kappa shape index (κ1) is 16.2. The number of rotatable bonds is 6. The molecule has 2 unspecified atom stereocenters. The third kappa shape index (κ3) is 4.42. The number of ether oxygens (including phenoxy) is 2. The molecule has 4 heteroatoms. The van der Waals surface area contributed by atoms with E-state index in [9.17, 15) is 4.39 Å². The Labute approximate surface area is 126 Å². The van der Waals surface area contributed by atoms with Crippen molar-refractivity contribution in [1.29, 1.82) is 0 Å². The van der Waals surface area contributed by atoms with Gasteiger partial charge in [-0.05, 0) is 51.2 Å². The number of hydrogen-bond acceptors (Lipinski definition) is 3. The molecular weight excluding hydrogens is 269 g/mol. The van der Waals surface area contributed by atoms with Gasteiger partial charge in [0.1, 0.15) is 6.61 Å². The number of para-hydroxylation sites is 1. The molecular formula is C17H26FNO2. The van der Waals surface area contributed by atoms with Gasteiger partial charge in [0.15, 0.2) is 11.6 Å². The average Bonchev–Trinajstić information content (AvgIpc) is 2.77. The quantitative estimate of drug-likeness (QED) is 0.874. The molecule has 1 aliphatic rings. The van der Waals surface area contributed by atoms with Crippen LogP contribution in [0.25, 0.3) is 0 Å². The van der Waals surface area contributed by atoms with Crippen molar-refractivity contribution in [3.8, 4) is 5.75 Å². The van der Waals surface area contributed by atoms with E-state index >= 15 is 0 Å². The number of benzene rings is 1. The highest BCUT2D eigenvalue weighted by Gasteiger charge is 2.32. The summed E-state index contributed by atoms with van der Waals surface area (Å²) in [5, 5.41) is 0. The second-order valence-electron chi connectivity index (χ2n) is 6.45. The zero-order valence-electron chi connectivity index (χ0n) is 13.2. The van der Waals surface area contributed by atoms with Gasteiger partial charge < -0.3 is 15.2 Å². The first-order chi connectivity index (χ1) is 9.91. The Morgan fingerprint density at radius 2 is 2.24 bits per heavy atom. The zero-order valence-corrected chi connectivity index (χ0v) is 13.2. The minimum Gasteiger partial charge on any atom is -0.488 e. The van der Waals surface area contributed by atoms with E-state index in [1.807, 2.05) is 13.0 Å². The van der Waals surface area contributed by atoms with Gasteiger partial charge in [0.25, 0.3) is 0 Å². The Bertz CT molecular complexity index is 476. The predicted molar refractivity (Wildman–Crippen MR) is 82.1 cm³/mol. The molecule has 3 nitrogen and oxygen atoms in total. The molecule has 0 radical (unpaired) electrons. The van der Waals surface area contributed by atoms with Gasteiger partial charge >= 0.3 is 0 Å². The Hall–Kier alpha value is -1.13. The van der Waals surface area contributed by atoms with Crippen LogP contribution in [-0.4, -0.2) is 24.4 Å². The van der Waals surface area contributed by atoms with Gasteiger partial charge in [-0.3, -0.25) is 0 Å². The number of halogens is 1. The maximum Gasteiger partial charge on any atom is 0.165 e. The van der Waals surface area contributed by atoms with E-state index in [2.05, 4.69) is 13.8 Å². The summed E-state index contributed by atoms with van der Waals surface area (Å²) in [7, 11) is 0. The van der Waals surface area contributed by atoms with E-state index in [4.69, 9.17) is 15.2 Å². The van der Waals surface area contributed by atoms with Gasteiger partial charge in [0.2, 0.25) is 0 Å². The normalized spacial score (nSPS) is 22.2. The van der Waals surface area contributed by atoms with Crippen LogP contribution in [0.15, 0.2) is 18.2 Å². The topological polar surface area (TPSA) is 44.5 Å². The average molecular weight is 295 g/mol. The van der Waals surface area contributed by atoms with Crippen molar-refractivity contribution in [1.82, 2.24) is 0 Å². The van der Waals surface area contributed by atoms with Crippen molar-refractivity contribution in [2.45, 2.75) is 64.2 Å². The molecule has 1 aliphatic heterocycles. The van der Waals surface area contributed by atoms with E-state index in [0.29, 0.717) is 18.8 Å². The molecule has 0 aliphatic carbocycles. The largest absolute Gasteiger partial charge is 0.488 e. The molecule has 1 saturated heterocycles. The van der Waals surface area contributed by atoms with Crippen molar-refractivity contribution in [3.63, 3.8) is 0 Å². The van der Waals surface area contributed by atoms with Gasteiger partial charge in [-0.2, -0.15) is 0 Å². The molecule has 1 fully saturated rings. The first-order valence-corrected chi connectivity index (χ1v) is 7.75. The molecule has 0 bridgehead atoms. The fourth-order valence-electron chi connectivity index (χ4n) is 2.67. The highest BCUT2D eigenvalue weighted by molar-refractivity contribution is 5.35. The van der Waals surface area contributed by atoms with Crippen molar-refractivity contribution in [2.24, 2.45) is 5.73 Å². The summed E-state index contributed by atoms with van der Waals surface area (Å²) < 4.78 is 25.6. The van der Waals surface area contributed by atoms with Gasteiger partial charge in [-0.1, -0.05) is 19.1 Å². The van der Waals surface area contributed by atoms with E-state index < -0.39 is 0 Å². The van der Waals surface area contributed by atoms with Crippen LogP contribution >= 0.6 is 0 Å². The lowest BCUT2D eigenvalue weighted by Gasteiger charge is -2.20. The fourth-order valence-corrected chi connectivity index (χ4v) is 2.67. The number of hydrogen-bond donors (Lipinski definition) is 1. The summed E-state index contributed by atoms with van der Waals surface area (Å²) in [6, 6.07) is 5.04. The fraction of sp³-hybridized carbons (Fsp3) is 0.647. The molecule has 21 heavy (non-hydrogen) atoms. The summed E-state index contributed by atoms with van der Waals surface area (Å²) >= 11 is 0. The van der Waals surface area contributed by atoms with Crippen LogP contribution in [-0.2, 0) is 11.2 Å². The highest BCUT2D eigenvalue weighted by atomic mass is 19.1. The van der Waals surface area contributed by atoms with Crippen molar-refractivity contribution in [3.05, 3.63) is 29.6 Å². The molecule has 2 atom stereocenters. The lowest BCUT2D eigenvalue weighted by Crippen LogP contribution is -2.25. The summed E-state index contributed by atoms with van der Waals surface area (Å²) in [5.41, 5.74) is 6.71. The molecule has 0 amide bonds. The highest BCUT2D eigenvalue weighted by Crippen LogP contribution is 2.31. The smallest absolute Gasteiger partial charge is 0.165 e. The molecule has 2 N–H and O–H groups in total. The lowest BCUT2D eigenvalue weighted by atomic mass is 10.0. The van der Waals surface area contributed by atoms with Crippen LogP contribution in [0.3, 0.4) is 0 Å². The first-order valence-electron chi connectivity index (χ1n) is 7.75. The van der Waals surface area contributed by atoms with E-state index in [0.717, 1.165) is 24.8 Å². The lowest BCUT2D eigenvalue weighted by molar-refractivity contribution is -0.0331. The second-order valence-corrected chi connectivity index (χ2v) is 6.45. The van der Waals surface area contributed by atoms with E-state index in [1.54, 1.807) is 6.07 Å². The van der Waals surface area contributed by atoms with Gasteiger partial charge in [0, 0.05) is 6.04 Å². The Kier molecular flexibility index (Phi) is 5.22. The third-order valence-electron chi connectivity index (χ3n) is 4.02. The predicted octanol–water partition coefficient (Wildman–Crippen LogP) is 3.44. The summed E-state index contributed by atoms with van der Waals surface area (Å²) in [6.45, 7) is 6.56. The molecule has 0 saturated carbocycles. The Balaban J connectivity index is 2.02. The Morgan fingerprint density at radius 3 is 2.86 bits per heavy atom. The zero-order chi connectivity index (χ0) is 15.5. The molecule has 0 aromatic heterocycles. The van der Waals surface area contributed by atoms with E-state index in [-0.39, 0.29) is 23.6 Å². The van der Waals surface area contributed by atoms with Crippen LogP contribution in [0.5, 0.6) is 5.75 Å². The minimum absolute atomic E-state index is 0.0239. The van der Waals surface area contributed by atoms with E-state index in [1.165, 1.54) is 6.07 Å². The van der Waals surface area contributed by atoms with Crippen LogP contribution in [0.1, 0.15) is 45.6 Å². The van der Waals surface area contributed by atoms with Crippen molar-refractivity contribution < 1.29 is 13.9 Å². The van der Waals surface area contributed by atoms with Crippen LogP contribution in [0.4, 0.5) is 4.39 Å². The summed E-state index contributed by atoms with van der Waals surface area (Å²) in [4.78, 5) is 0. The van der Waals surface area contributed by atoms with Crippen LogP contribution < -0.4 is 10.5 Å². The second kappa shape index (κ2) is 6.75. The summed E-state index contributed by atoms with van der Waals surface area (Å²) in [5.74, 6) is 0.00256. The number of nitrogens with two attached hydrogens (primary N) is 1. The van der Waals surface area contributed by atoms with Crippen molar-refractivity contribution in [2.75, 3.05) is 6.61 Å². The summed E-state index contributed by atoms with van der Waals surface area (Å²) in [6.07, 6.45) is 3.47. The monoisotopic (exact) mass is 295 g/mol. The van der Waals surface area contributed by atoms with Crippen LogP contribution in [0, 0.1) is 5.82 Å². The maximum atomic E-state index is 14.0. The van der Waals surface area contributed by atoms with Gasteiger partial charge in [-0.25, -0.2) is 4.39 Å². The molecule has 2 rings (SSSR count). The Morgan fingerprint density at radius 1 is 1.48 bits per heavy atom.